The molecule has 12 heteroatoms. The number of carbonyl (C=O) groups excluding carboxylic acids is 3. The van der Waals surface area contributed by atoms with Gasteiger partial charge < -0.3 is 15.4 Å². The van der Waals surface area contributed by atoms with E-state index < -0.39 is 39.1 Å². The molecule has 230 valence electrons. The minimum absolute atomic E-state index is 0.0593. The fourth-order valence-electron chi connectivity index (χ4n) is 5.32. The Morgan fingerprint density at radius 2 is 1.60 bits per heavy atom. The third kappa shape index (κ3) is 8.14. The number of amides is 4. The Kier molecular flexibility index (Phi) is 11.2. The van der Waals surface area contributed by atoms with Crippen molar-refractivity contribution in [2.45, 2.75) is 49.0 Å². The number of ether oxygens (including phenoxy) is 1. The number of rotatable bonds is 12. The van der Waals surface area contributed by atoms with Crippen LogP contribution in [0.1, 0.15) is 31.7 Å². The van der Waals surface area contributed by atoms with Gasteiger partial charge >= 0.3 is 18.0 Å². The smallest absolute Gasteiger partial charge is 0.424 e. The van der Waals surface area contributed by atoms with Gasteiger partial charge in [0, 0.05) is 19.5 Å². The van der Waals surface area contributed by atoms with Crippen molar-refractivity contribution < 1.29 is 32.0 Å². The number of carbonyl (C=O) groups is 3. The zero-order valence-electron chi connectivity index (χ0n) is 24.5. The molecule has 3 aromatic carbocycles. The number of nitrogens with one attached hydrogen (secondary N) is 3. The highest BCUT2D eigenvalue weighted by Crippen LogP contribution is 2.34. The lowest BCUT2D eigenvalue weighted by Crippen LogP contribution is -2.65. The molecule has 0 unspecified atom stereocenters. The summed E-state index contributed by atoms with van der Waals surface area (Å²) in [4.78, 5) is 39.2. The fraction of sp³-hybridized carbons (Fsp3) is 0.387. The highest BCUT2D eigenvalue weighted by Gasteiger charge is 2.55. The number of nitrogens with zero attached hydrogens (tertiary/aromatic N) is 1. The second kappa shape index (κ2) is 14.8. The predicted octanol–water partition coefficient (Wildman–Crippen LogP) is 4.40. The van der Waals surface area contributed by atoms with Crippen LogP contribution in [0, 0.1) is 0 Å². The third-order valence-electron chi connectivity index (χ3n) is 7.80. The third-order valence-corrected chi connectivity index (χ3v) is 10.2. The van der Waals surface area contributed by atoms with Crippen molar-refractivity contribution in [3.8, 4) is 0 Å². The normalized spacial score (nSPS) is 20.0. The maximum absolute atomic E-state index is 13.7. The molecule has 1 heterocycles. The number of alkyl carbamates (subject to hydrolysis) is 1. The summed E-state index contributed by atoms with van der Waals surface area (Å²) in [5.41, 5.74) is 0.897. The molecule has 1 fully saturated rings. The summed E-state index contributed by atoms with van der Waals surface area (Å²) in [6.07, 6.45) is 3.27. The van der Waals surface area contributed by atoms with Crippen LogP contribution in [-0.2, 0) is 26.2 Å². The second-order valence-electron chi connectivity index (χ2n) is 10.6. The number of unbranched alkanes of at least 4 members (excludes halogenated alkanes) is 1. The topological polar surface area (TPSA) is 131 Å². The van der Waals surface area contributed by atoms with Gasteiger partial charge in [-0.15, -0.1) is 0 Å². The minimum Gasteiger partial charge on any atom is -0.445 e. The first-order chi connectivity index (χ1) is 20.7. The van der Waals surface area contributed by atoms with Gasteiger partial charge in [-0.2, -0.15) is 21.0 Å². The number of imide groups is 1. The van der Waals surface area contributed by atoms with Gasteiger partial charge in [0.15, 0.2) is 0 Å². The van der Waals surface area contributed by atoms with E-state index in [2.05, 4.69) is 15.4 Å². The number of hydrogen-bond acceptors (Lipinski definition) is 7. The van der Waals surface area contributed by atoms with Crippen LogP contribution < -0.4 is 15.4 Å². The van der Waals surface area contributed by atoms with Crippen LogP contribution in [-0.4, -0.2) is 74.7 Å². The molecule has 4 amide bonds. The van der Waals surface area contributed by atoms with Gasteiger partial charge in [-0.1, -0.05) is 60.7 Å². The SMILES string of the molecule is CS[C@H]1C[C@@H](C)[N@+](C(=O)CNS(=O)(=O)c2ccc3ccccc3c2)(C(=O)NCCCCNC(=O)OCc2ccccc2)C1. The van der Waals surface area contributed by atoms with Gasteiger partial charge in [0.1, 0.15) is 25.7 Å². The standard InChI is InChI=1S/C31H38N4O6S2/c1-23-18-27(42-2)21-35(23,29(36)20-34-43(39,40)28-15-14-25-12-6-7-13-26(25)19-28)30(37)32-16-8-9-17-33-31(38)41-22-24-10-4-3-5-11-24/h3-7,10-15,19,23,27,34H,8-9,16-18,20-22H2,1-2H3,(H-,32,33,37,38)/p+1/t23-,27+,35-/m1/s1. The molecular weight excluding hydrogens is 588 g/mol. The number of sulfonamides is 1. The first-order valence-electron chi connectivity index (χ1n) is 14.3. The quantitative estimate of drug-likeness (QED) is 0.200. The molecule has 1 saturated heterocycles. The van der Waals surface area contributed by atoms with Crippen molar-refractivity contribution in [1.82, 2.24) is 15.4 Å². The van der Waals surface area contributed by atoms with Crippen LogP contribution in [0.2, 0.25) is 0 Å². The molecule has 0 aliphatic carbocycles. The molecule has 4 rings (SSSR count). The van der Waals surface area contributed by atoms with Gasteiger partial charge in [-0.3, -0.25) is 0 Å². The second-order valence-corrected chi connectivity index (χ2v) is 13.6. The molecule has 0 radical (unpaired) electrons. The number of thioether (sulfide) groups is 1. The monoisotopic (exact) mass is 627 g/mol. The molecule has 3 atom stereocenters. The summed E-state index contributed by atoms with van der Waals surface area (Å²) in [7, 11) is -3.98. The van der Waals surface area contributed by atoms with E-state index >= 15 is 0 Å². The van der Waals surface area contributed by atoms with Crippen LogP contribution in [0.15, 0.2) is 77.7 Å². The highest BCUT2D eigenvalue weighted by atomic mass is 32.2. The Balaban J connectivity index is 1.29. The van der Waals surface area contributed by atoms with E-state index in [1.54, 1.807) is 23.9 Å². The lowest BCUT2D eigenvalue weighted by atomic mass is 10.1. The minimum atomic E-state index is -3.98. The maximum atomic E-state index is 13.7. The van der Waals surface area contributed by atoms with Crippen molar-refractivity contribution >= 4 is 50.6 Å². The highest BCUT2D eigenvalue weighted by molar-refractivity contribution is 7.99. The summed E-state index contributed by atoms with van der Waals surface area (Å²) in [6.45, 7) is 2.53. The maximum Gasteiger partial charge on any atom is 0.424 e. The van der Waals surface area contributed by atoms with Gasteiger partial charge in [-0.05, 0) is 54.5 Å². The average molecular weight is 628 g/mol. The van der Waals surface area contributed by atoms with E-state index in [1.165, 1.54) is 6.07 Å². The van der Waals surface area contributed by atoms with Crippen LogP contribution in [0.5, 0.6) is 0 Å². The predicted molar refractivity (Wildman–Crippen MR) is 168 cm³/mol. The van der Waals surface area contributed by atoms with Crippen molar-refractivity contribution in [1.29, 1.82) is 0 Å². The molecule has 1 aliphatic heterocycles. The molecule has 0 spiro atoms. The molecule has 10 nitrogen and oxygen atoms in total. The van der Waals surface area contributed by atoms with E-state index in [0.29, 0.717) is 38.9 Å². The number of urea groups is 1. The van der Waals surface area contributed by atoms with Gasteiger partial charge in [0.05, 0.1) is 10.1 Å². The van der Waals surface area contributed by atoms with Crippen molar-refractivity contribution in [2.24, 2.45) is 0 Å². The van der Waals surface area contributed by atoms with Gasteiger partial charge in [0.25, 0.3) is 0 Å². The zero-order valence-corrected chi connectivity index (χ0v) is 26.1. The van der Waals surface area contributed by atoms with E-state index in [4.69, 9.17) is 4.74 Å². The Bertz CT molecular complexity index is 1540. The lowest BCUT2D eigenvalue weighted by Gasteiger charge is -2.33. The number of fused-ring (bicyclic) bond motifs is 1. The van der Waals surface area contributed by atoms with E-state index in [9.17, 15) is 22.8 Å². The number of likely N-dealkylation sites (tertiary alicyclic amines) is 1. The first kappa shape index (κ1) is 32.5. The van der Waals surface area contributed by atoms with Crippen LogP contribution in [0.4, 0.5) is 9.59 Å². The van der Waals surface area contributed by atoms with Crippen molar-refractivity contribution in [2.75, 3.05) is 32.4 Å². The van der Waals surface area contributed by atoms with Crippen LogP contribution in [0.25, 0.3) is 10.8 Å². The summed E-state index contributed by atoms with van der Waals surface area (Å²) in [5.74, 6) is -0.492. The molecule has 0 bridgehead atoms. The van der Waals surface area contributed by atoms with E-state index in [1.807, 2.05) is 67.8 Å². The molecule has 3 aromatic rings. The summed E-state index contributed by atoms with van der Waals surface area (Å²) in [5, 5.41) is 7.36. The first-order valence-corrected chi connectivity index (χ1v) is 17.1. The summed E-state index contributed by atoms with van der Waals surface area (Å²) < 4.78 is 33.3. The Labute approximate surface area is 257 Å². The number of hydrogen-bond donors (Lipinski definition) is 3. The average Bonchev–Trinajstić information content (AvgIpc) is 3.37. The molecule has 3 N–H and O–H groups in total. The molecule has 0 aromatic heterocycles. The van der Waals surface area contributed by atoms with Crippen molar-refractivity contribution in [3.63, 3.8) is 0 Å². The fourth-order valence-corrected chi connectivity index (χ4v) is 7.18. The number of benzene rings is 3. The molecule has 43 heavy (non-hydrogen) atoms. The van der Waals surface area contributed by atoms with Gasteiger partial charge in [-0.25, -0.2) is 22.8 Å². The van der Waals surface area contributed by atoms with Crippen LogP contribution in [0.3, 0.4) is 0 Å². The van der Waals surface area contributed by atoms with Gasteiger partial charge in [0.2, 0.25) is 10.0 Å². The van der Waals surface area contributed by atoms with E-state index in [-0.39, 0.29) is 22.8 Å². The summed E-state index contributed by atoms with van der Waals surface area (Å²) >= 11 is 1.60. The lowest BCUT2D eigenvalue weighted by molar-refractivity contribution is -0.784. The molecule has 0 saturated carbocycles. The zero-order chi connectivity index (χ0) is 30.9. The number of quaternary nitrogens is 1. The van der Waals surface area contributed by atoms with Crippen LogP contribution >= 0.6 is 11.8 Å². The van der Waals surface area contributed by atoms with Crippen molar-refractivity contribution in [3.05, 3.63) is 78.4 Å². The largest absolute Gasteiger partial charge is 0.445 e. The molecule has 1 aliphatic rings. The summed E-state index contributed by atoms with van der Waals surface area (Å²) in [6, 6.07) is 20.9. The Morgan fingerprint density at radius 3 is 2.30 bits per heavy atom. The Hall–Kier alpha value is -3.45. The Morgan fingerprint density at radius 1 is 0.930 bits per heavy atom. The van der Waals surface area contributed by atoms with E-state index in [0.717, 1.165) is 16.3 Å². The molecular formula is C31H39N4O6S2+.